The SMILES string of the molecule is CCCn1cc([N+](=O)[O-])c(=O)n(CCCCBr)c1=O. The van der Waals surface area contributed by atoms with Gasteiger partial charge in [-0.05, 0) is 19.3 Å². The summed E-state index contributed by atoms with van der Waals surface area (Å²) in [5, 5.41) is 11.6. The van der Waals surface area contributed by atoms with Crippen molar-refractivity contribution < 1.29 is 4.92 Å². The molecular formula is C11H16BrN3O4. The largest absolute Gasteiger partial charge is 0.350 e. The van der Waals surface area contributed by atoms with Crippen LogP contribution in [0, 0.1) is 10.1 Å². The maximum absolute atomic E-state index is 12.0. The summed E-state index contributed by atoms with van der Waals surface area (Å²) >= 11 is 3.26. The van der Waals surface area contributed by atoms with Crippen molar-refractivity contribution in [2.45, 2.75) is 39.3 Å². The zero-order valence-electron chi connectivity index (χ0n) is 10.7. The average molecular weight is 334 g/mol. The van der Waals surface area contributed by atoms with Gasteiger partial charge in [0.05, 0.1) is 11.1 Å². The molecule has 0 unspecified atom stereocenters. The lowest BCUT2D eigenvalue weighted by Gasteiger charge is -2.08. The predicted molar refractivity (Wildman–Crippen MR) is 74.9 cm³/mol. The second-order valence-corrected chi connectivity index (χ2v) is 4.89. The van der Waals surface area contributed by atoms with Crippen molar-refractivity contribution in [1.29, 1.82) is 0 Å². The van der Waals surface area contributed by atoms with E-state index in [1.165, 1.54) is 4.57 Å². The van der Waals surface area contributed by atoms with E-state index in [2.05, 4.69) is 15.9 Å². The van der Waals surface area contributed by atoms with Crippen LogP contribution in [0.5, 0.6) is 0 Å². The molecule has 0 atom stereocenters. The minimum absolute atomic E-state index is 0.203. The van der Waals surface area contributed by atoms with Crippen molar-refractivity contribution in [3.63, 3.8) is 0 Å². The Morgan fingerprint density at radius 3 is 2.53 bits per heavy atom. The Kier molecular flexibility index (Phi) is 5.94. The first-order valence-corrected chi connectivity index (χ1v) is 7.19. The van der Waals surface area contributed by atoms with Crippen LogP contribution in [0.4, 0.5) is 5.69 Å². The zero-order chi connectivity index (χ0) is 14.4. The van der Waals surface area contributed by atoms with Crippen LogP contribution in [-0.2, 0) is 13.1 Å². The molecule has 8 heteroatoms. The van der Waals surface area contributed by atoms with Crippen LogP contribution < -0.4 is 11.2 Å². The summed E-state index contributed by atoms with van der Waals surface area (Å²) in [6.45, 7) is 2.42. The van der Waals surface area contributed by atoms with E-state index in [9.17, 15) is 19.7 Å². The Morgan fingerprint density at radius 2 is 2.00 bits per heavy atom. The topological polar surface area (TPSA) is 87.1 Å². The molecule has 1 aromatic heterocycles. The molecule has 0 bridgehead atoms. The van der Waals surface area contributed by atoms with Crippen LogP contribution in [-0.4, -0.2) is 19.4 Å². The highest BCUT2D eigenvalue weighted by Crippen LogP contribution is 2.02. The van der Waals surface area contributed by atoms with Gasteiger partial charge in [-0.15, -0.1) is 0 Å². The second kappa shape index (κ2) is 7.22. The van der Waals surface area contributed by atoms with Gasteiger partial charge in [0, 0.05) is 18.4 Å². The molecule has 7 nitrogen and oxygen atoms in total. The van der Waals surface area contributed by atoms with Gasteiger partial charge in [0.15, 0.2) is 0 Å². The number of halogens is 1. The van der Waals surface area contributed by atoms with Crippen LogP contribution in [0.15, 0.2) is 15.8 Å². The number of nitro groups is 1. The molecule has 0 N–H and O–H groups in total. The van der Waals surface area contributed by atoms with Crippen LogP contribution in [0.3, 0.4) is 0 Å². The standard InChI is InChI=1S/C11H16BrN3O4/c1-2-6-13-8-9(15(18)19)10(16)14(11(13)17)7-4-3-5-12/h8H,2-7H2,1H3. The van der Waals surface area contributed by atoms with Gasteiger partial charge in [0.25, 0.3) is 0 Å². The van der Waals surface area contributed by atoms with Gasteiger partial charge in [-0.3, -0.25) is 24.0 Å². The molecule has 0 aromatic carbocycles. The summed E-state index contributed by atoms with van der Waals surface area (Å²) in [5.41, 5.74) is -1.85. The molecule has 106 valence electrons. The quantitative estimate of drug-likeness (QED) is 0.327. The van der Waals surface area contributed by atoms with Crippen LogP contribution in [0.25, 0.3) is 0 Å². The monoisotopic (exact) mass is 333 g/mol. The van der Waals surface area contributed by atoms with E-state index in [0.29, 0.717) is 19.4 Å². The Morgan fingerprint density at radius 1 is 1.32 bits per heavy atom. The third-order valence-electron chi connectivity index (χ3n) is 2.65. The van der Waals surface area contributed by atoms with Crippen molar-refractivity contribution in [3.8, 4) is 0 Å². The number of hydrogen-bond acceptors (Lipinski definition) is 4. The van der Waals surface area contributed by atoms with E-state index in [1.807, 2.05) is 6.92 Å². The summed E-state index contributed by atoms with van der Waals surface area (Å²) in [6, 6.07) is 0. The third kappa shape index (κ3) is 3.76. The Labute approximate surface area is 118 Å². The number of aromatic nitrogens is 2. The van der Waals surface area contributed by atoms with E-state index in [4.69, 9.17) is 0 Å². The van der Waals surface area contributed by atoms with E-state index in [0.717, 1.165) is 22.5 Å². The van der Waals surface area contributed by atoms with E-state index >= 15 is 0 Å². The highest BCUT2D eigenvalue weighted by atomic mass is 79.9. The molecule has 1 aromatic rings. The van der Waals surface area contributed by atoms with E-state index in [1.54, 1.807) is 0 Å². The minimum atomic E-state index is -0.822. The van der Waals surface area contributed by atoms with Gasteiger partial charge in [-0.25, -0.2) is 4.79 Å². The van der Waals surface area contributed by atoms with Crippen molar-refractivity contribution in [2.75, 3.05) is 5.33 Å². The zero-order valence-corrected chi connectivity index (χ0v) is 12.3. The van der Waals surface area contributed by atoms with Crippen LogP contribution >= 0.6 is 15.9 Å². The first-order chi connectivity index (χ1) is 9.02. The number of aryl methyl sites for hydroxylation is 1. The molecule has 0 saturated heterocycles. The van der Waals surface area contributed by atoms with E-state index in [-0.39, 0.29) is 6.54 Å². The molecule has 0 fully saturated rings. The van der Waals surface area contributed by atoms with E-state index < -0.39 is 21.9 Å². The first-order valence-electron chi connectivity index (χ1n) is 6.07. The highest BCUT2D eigenvalue weighted by Gasteiger charge is 2.19. The summed E-state index contributed by atoms with van der Waals surface area (Å²) < 4.78 is 2.18. The lowest BCUT2D eigenvalue weighted by Crippen LogP contribution is -2.40. The fraction of sp³-hybridized carbons (Fsp3) is 0.636. The number of rotatable bonds is 7. The molecule has 0 aliphatic rings. The smallest absolute Gasteiger partial charge is 0.293 e. The lowest BCUT2D eigenvalue weighted by molar-refractivity contribution is -0.387. The molecule has 1 heterocycles. The highest BCUT2D eigenvalue weighted by molar-refractivity contribution is 9.09. The molecule has 0 amide bonds. The molecule has 0 aliphatic heterocycles. The molecule has 0 spiro atoms. The number of alkyl halides is 1. The average Bonchev–Trinajstić information content (AvgIpc) is 2.36. The van der Waals surface area contributed by atoms with Gasteiger partial charge in [0.1, 0.15) is 0 Å². The molecule has 19 heavy (non-hydrogen) atoms. The Bertz CT molecular complexity index is 564. The summed E-state index contributed by atoms with van der Waals surface area (Å²) in [5.74, 6) is 0. The molecular weight excluding hydrogens is 318 g/mol. The molecule has 1 rings (SSSR count). The summed E-state index contributed by atoms with van der Waals surface area (Å²) in [7, 11) is 0. The molecule has 0 saturated carbocycles. The Balaban J connectivity index is 3.29. The molecule has 0 aliphatic carbocycles. The third-order valence-corrected chi connectivity index (χ3v) is 3.21. The summed E-state index contributed by atoms with van der Waals surface area (Å²) in [6.07, 6.45) is 3.11. The Hall–Kier alpha value is -1.44. The number of hydrogen-bond donors (Lipinski definition) is 0. The lowest BCUT2D eigenvalue weighted by atomic mass is 10.3. The van der Waals surface area contributed by atoms with Gasteiger partial charge in [-0.1, -0.05) is 22.9 Å². The minimum Gasteiger partial charge on any atom is -0.293 e. The van der Waals surface area contributed by atoms with Crippen molar-refractivity contribution >= 4 is 21.6 Å². The van der Waals surface area contributed by atoms with Crippen LogP contribution in [0.1, 0.15) is 26.2 Å². The van der Waals surface area contributed by atoms with Crippen molar-refractivity contribution in [1.82, 2.24) is 9.13 Å². The van der Waals surface area contributed by atoms with Gasteiger partial charge in [-0.2, -0.15) is 0 Å². The predicted octanol–water partition coefficient (Wildman–Crippen LogP) is 1.50. The fourth-order valence-corrected chi connectivity index (χ4v) is 2.12. The summed E-state index contributed by atoms with van der Waals surface area (Å²) in [4.78, 5) is 34.0. The maximum atomic E-state index is 12.0. The first kappa shape index (κ1) is 15.6. The van der Waals surface area contributed by atoms with Gasteiger partial charge < -0.3 is 0 Å². The fourth-order valence-electron chi connectivity index (χ4n) is 1.73. The molecule has 0 radical (unpaired) electrons. The van der Waals surface area contributed by atoms with Crippen molar-refractivity contribution in [2.24, 2.45) is 0 Å². The second-order valence-electron chi connectivity index (χ2n) is 4.10. The van der Waals surface area contributed by atoms with Crippen LogP contribution in [0.2, 0.25) is 0 Å². The number of nitrogens with zero attached hydrogens (tertiary/aromatic N) is 3. The maximum Gasteiger partial charge on any atom is 0.350 e. The normalized spacial score (nSPS) is 10.6. The van der Waals surface area contributed by atoms with Crippen molar-refractivity contribution in [3.05, 3.63) is 37.1 Å². The van der Waals surface area contributed by atoms with Gasteiger partial charge in [0.2, 0.25) is 0 Å². The number of unbranched alkanes of at least 4 members (excludes halogenated alkanes) is 1. The van der Waals surface area contributed by atoms with Gasteiger partial charge >= 0.3 is 16.9 Å².